The Balaban J connectivity index is 1.71. The number of nitrogens with zero attached hydrogens (tertiary/aromatic N) is 1. The van der Waals surface area contributed by atoms with Crippen LogP contribution in [0.3, 0.4) is 0 Å². The Morgan fingerprint density at radius 2 is 1.79 bits per heavy atom. The van der Waals surface area contributed by atoms with E-state index in [1.807, 2.05) is 24.4 Å². The molecular weight excluding hydrogens is 238 g/mol. The van der Waals surface area contributed by atoms with Crippen LogP contribution >= 0.6 is 0 Å². The Kier molecular flexibility index (Phi) is 3.44. The molecule has 98 valence electrons. The van der Waals surface area contributed by atoms with Crippen LogP contribution in [-0.2, 0) is 0 Å². The summed E-state index contributed by atoms with van der Waals surface area (Å²) >= 11 is 0. The standard InChI is InChI=1S/C15H17N3O/c1-19-13-6-4-11(5-7-13)14-9-15(18-17-14)12-3-2-8-16-10-12/h2-8,10,14-15,17-18H,9H2,1H3. The fourth-order valence-electron chi connectivity index (χ4n) is 2.41. The number of methoxy groups -OCH3 is 1. The highest BCUT2D eigenvalue weighted by Gasteiger charge is 2.26. The lowest BCUT2D eigenvalue weighted by atomic mass is 9.99. The highest BCUT2D eigenvalue weighted by Crippen LogP contribution is 2.30. The third-order valence-corrected chi connectivity index (χ3v) is 3.51. The molecule has 4 nitrogen and oxygen atoms in total. The van der Waals surface area contributed by atoms with Gasteiger partial charge in [0.15, 0.2) is 0 Å². The molecule has 0 radical (unpaired) electrons. The van der Waals surface area contributed by atoms with Crippen LogP contribution in [0.2, 0.25) is 0 Å². The van der Waals surface area contributed by atoms with E-state index < -0.39 is 0 Å². The number of rotatable bonds is 3. The minimum absolute atomic E-state index is 0.306. The van der Waals surface area contributed by atoms with Crippen molar-refractivity contribution in [3.63, 3.8) is 0 Å². The zero-order valence-corrected chi connectivity index (χ0v) is 10.8. The fourth-order valence-corrected chi connectivity index (χ4v) is 2.41. The number of hydrogen-bond acceptors (Lipinski definition) is 4. The molecule has 4 heteroatoms. The van der Waals surface area contributed by atoms with Gasteiger partial charge >= 0.3 is 0 Å². The lowest BCUT2D eigenvalue weighted by Gasteiger charge is -2.10. The average molecular weight is 255 g/mol. The Morgan fingerprint density at radius 1 is 1.05 bits per heavy atom. The molecule has 2 atom stereocenters. The molecule has 0 bridgehead atoms. The van der Waals surface area contributed by atoms with Crippen molar-refractivity contribution >= 4 is 0 Å². The second-order valence-corrected chi connectivity index (χ2v) is 4.69. The summed E-state index contributed by atoms with van der Waals surface area (Å²) in [6.45, 7) is 0. The van der Waals surface area contributed by atoms with Crippen LogP contribution in [0.15, 0.2) is 48.8 Å². The first-order chi connectivity index (χ1) is 9.36. The summed E-state index contributed by atoms with van der Waals surface area (Å²) in [6, 6.07) is 12.9. The maximum atomic E-state index is 5.18. The molecule has 0 spiro atoms. The van der Waals surface area contributed by atoms with Gasteiger partial charge in [0, 0.05) is 24.5 Å². The molecule has 1 aliphatic heterocycles. The first kappa shape index (κ1) is 12.1. The largest absolute Gasteiger partial charge is 0.497 e. The number of ether oxygens (including phenoxy) is 1. The smallest absolute Gasteiger partial charge is 0.118 e. The van der Waals surface area contributed by atoms with Crippen LogP contribution in [0, 0.1) is 0 Å². The van der Waals surface area contributed by atoms with Crippen LogP contribution in [0.5, 0.6) is 5.75 Å². The molecule has 0 amide bonds. The van der Waals surface area contributed by atoms with Crippen molar-refractivity contribution in [1.82, 2.24) is 15.8 Å². The van der Waals surface area contributed by atoms with Crippen LogP contribution < -0.4 is 15.6 Å². The Morgan fingerprint density at radius 3 is 2.42 bits per heavy atom. The summed E-state index contributed by atoms with van der Waals surface area (Å²) in [5, 5.41) is 0. The second-order valence-electron chi connectivity index (χ2n) is 4.69. The second kappa shape index (κ2) is 5.38. The van der Waals surface area contributed by atoms with Gasteiger partial charge in [-0.3, -0.25) is 4.98 Å². The highest BCUT2D eigenvalue weighted by molar-refractivity contribution is 5.30. The average Bonchev–Trinajstić information content (AvgIpc) is 2.98. The predicted molar refractivity (Wildman–Crippen MR) is 73.6 cm³/mol. The van der Waals surface area contributed by atoms with Crippen molar-refractivity contribution in [2.75, 3.05) is 7.11 Å². The predicted octanol–water partition coefficient (Wildman–Crippen LogP) is 2.37. The summed E-state index contributed by atoms with van der Waals surface area (Å²) in [7, 11) is 1.68. The van der Waals surface area contributed by atoms with Gasteiger partial charge in [-0.05, 0) is 35.7 Å². The summed E-state index contributed by atoms with van der Waals surface area (Å²) < 4.78 is 5.18. The molecule has 19 heavy (non-hydrogen) atoms. The van der Waals surface area contributed by atoms with Gasteiger partial charge < -0.3 is 4.74 Å². The van der Waals surface area contributed by atoms with Crippen LogP contribution in [-0.4, -0.2) is 12.1 Å². The van der Waals surface area contributed by atoms with Crippen LogP contribution in [0.25, 0.3) is 0 Å². The molecule has 1 aromatic carbocycles. The third-order valence-electron chi connectivity index (χ3n) is 3.51. The van der Waals surface area contributed by atoms with E-state index in [0.29, 0.717) is 12.1 Å². The fraction of sp³-hybridized carbons (Fsp3) is 0.267. The zero-order chi connectivity index (χ0) is 13.1. The molecule has 1 saturated heterocycles. The summed E-state index contributed by atoms with van der Waals surface area (Å²) in [5.74, 6) is 0.888. The summed E-state index contributed by atoms with van der Waals surface area (Å²) in [6.07, 6.45) is 4.72. The first-order valence-electron chi connectivity index (χ1n) is 6.42. The molecule has 2 aromatic rings. The van der Waals surface area contributed by atoms with Gasteiger partial charge in [0.05, 0.1) is 7.11 Å². The third kappa shape index (κ3) is 2.59. The van der Waals surface area contributed by atoms with Crippen molar-refractivity contribution in [3.8, 4) is 5.75 Å². The van der Waals surface area contributed by atoms with E-state index in [9.17, 15) is 0 Å². The number of benzene rings is 1. The maximum absolute atomic E-state index is 5.18. The Hall–Kier alpha value is -1.91. The van der Waals surface area contributed by atoms with Gasteiger partial charge in [-0.15, -0.1) is 0 Å². The first-order valence-corrected chi connectivity index (χ1v) is 6.42. The maximum Gasteiger partial charge on any atom is 0.118 e. The monoisotopic (exact) mass is 255 g/mol. The minimum atomic E-state index is 0.306. The Bertz CT molecular complexity index is 527. The molecule has 2 unspecified atom stereocenters. The van der Waals surface area contributed by atoms with Crippen molar-refractivity contribution in [2.45, 2.75) is 18.5 Å². The van der Waals surface area contributed by atoms with E-state index in [1.165, 1.54) is 11.1 Å². The molecule has 1 aromatic heterocycles. The molecule has 2 heterocycles. The van der Waals surface area contributed by atoms with Gasteiger partial charge in [0.1, 0.15) is 5.75 Å². The molecule has 1 aliphatic rings. The number of hydrazine groups is 1. The molecule has 2 N–H and O–H groups in total. The topological polar surface area (TPSA) is 46.2 Å². The molecular formula is C15H17N3O. The van der Waals surface area contributed by atoms with Crippen molar-refractivity contribution in [2.24, 2.45) is 0 Å². The van der Waals surface area contributed by atoms with Crippen molar-refractivity contribution in [3.05, 3.63) is 59.9 Å². The number of hydrogen-bond donors (Lipinski definition) is 2. The van der Waals surface area contributed by atoms with Gasteiger partial charge in [-0.25, -0.2) is 10.9 Å². The van der Waals surface area contributed by atoms with Crippen molar-refractivity contribution < 1.29 is 4.74 Å². The SMILES string of the molecule is COc1ccc(C2CC(c3cccnc3)NN2)cc1. The minimum Gasteiger partial charge on any atom is -0.497 e. The normalized spacial score (nSPS) is 22.4. The molecule has 1 fully saturated rings. The van der Waals surface area contributed by atoms with Gasteiger partial charge in [-0.2, -0.15) is 0 Å². The van der Waals surface area contributed by atoms with E-state index >= 15 is 0 Å². The lowest BCUT2D eigenvalue weighted by Crippen LogP contribution is -2.26. The lowest BCUT2D eigenvalue weighted by molar-refractivity contribution is 0.414. The van der Waals surface area contributed by atoms with Crippen LogP contribution in [0.4, 0.5) is 0 Å². The molecule has 0 aliphatic carbocycles. The van der Waals surface area contributed by atoms with E-state index in [4.69, 9.17) is 4.74 Å². The highest BCUT2D eigenvalue weighted by atomic mass is 16.5. The van der Waals surface area contributed by atoms with E-state index in [-0.39, 0.29) is 0 Å². The molecule has 0 saturated carbocycles. The van der Waals surface area contributed by atoms with E-state index in [1.54, 1.807) is 13.3 Å². The Labute approximate surface area is 112 Å². The van der Waals surface area contributed by atoms with Gasteiger partial charge in [-0.1, -0.05) is 18.2 Å². The van der Waals surface area contributed by atoms with Crippen molar-refractivity contribution in [1.29, 1.82) is 0 Å². The summed E-state index contributed by atoms with van der Waals surface area (Å²) in [4.78, 5) is 4.17. The van der Waals surface area contributed by atoms with Gasteiger partial charge in [0.25, 0.3) is 0 Å². The molecule has 3 rings (SSSR count). The summed E-state index contributed by atoms with van der Waals surface area (Å²) in [5.41, 5.74) is 9.15. The van der Waals surface area contributed by atoms with E-state index in [2.05, 4.69) is 34.0 Å². The van der Waals surface area contributed by atoms with Crippen LogP contribution in [0.1, 0.15) is 29.6 Å². The zero-order valence-electron chi connectivity index (χ0n) is 10.8. The number of nitrogens with one attached hydrogen (secondary N) is 2. The van der Waals surface area contributed by atoms with Gasteiger partial charge in [0.2, 0.25) is 0 Å². The van der Waals surface area contributed by atoms with E-state index in [0.717, 1.165) is 12.2 Å². The number of pyridine rings is 1. The number of aromatic nitrogens is 1. The quantitative estimate of drug-likeness (QED) is 0.884.